The van der Waals surface area contributed by atoms with Crippen LogP contribution in [0.2, 0.25) is 0 Å². The average molecular weight is 301 g/mol. The zero-order valence-electron chi connectivity index (χ0n) is 10.9. The molecule has 5 nitrogen and oxygen atoms in total. The van der Waals surface area contributed by atoms with Crippen LogP contribution in [0.1, 0.15) is 0 Å². The Morgan fingerprint density at radius 1 is 1.14 bits per heavy atom. The summed E-state index contributed by atoms with van der Waals surface area (Å²) in [4.78, 5) is 22.7. The Hall–Kier alpha value is -2.60. The molecule has 0 saturated heterocycles. The highest BCUT2D eigenvalue weighted by molar-refractivity contribution is 7.14. The summed E-state index contributed by atoms with van der Waals surface area (Å²) in [6.07, 6.45) is 0. The van der Waals surface area contributed by atoms with Crippen molar-refractivity contribution < 1.29 is 14.6 Å². The molecule has 0 unspecified atom stereocenters. The van der Waals surface area contributed by atoms with Gasteiger partial charge in [-0.25, -0.2) is 8.75 Å². The van der Waals surface area contributed by atoms with Crippen molar-refractivity contribution in [3.05, 3.63) is 58.9 Å². The number of carboxylic acid groups (broad SMARTS) is 1. The second-order valence-electron chi connectivity index (χ2n) is 4.36. The maximum atomic E-state index is 12.3. The van der Waals surface area contributed by atoms with Crippen LogP contribution >= 0.6 is 11.5 Å². The van der Waals surface area contributed by atoms with Crippen molar-refractivity contribution >= 4 is 27.6 Å². The molecule has 1 heterocycles. The molecule has 0 aliphatic carbocycles. The van der Waals surface area contributed by atoms with Gasteiger partial charge in [-0.05, 0) is 36.4 Å². The summed E-state index contributed by atoms with van der Waals surface area (Å²) in [6, 6.07) is 14.2. The fourth-order valence-electron chi connectivity index (χ4n) is 1.96. The van der Waals surface area contributed by atoms with Gasteiger partial charge in [0, 0.05) is 0 Å². The molecule has 0 aliphatic heterocycles. The van der Waals surface area contributed by atoms with E-state index in [0.29, 0.717) is 11.1 Å². The first-order chi connectivity index (χ1) is 10.1. The monoisotopic (exact) mass is 301 g/mol. The van der Waals surface area contributed by atoms with Crippen LogP contribution in [0, 0.1) is 0 Å². The Bertz CT molecular complexity index is 848. The van der Waals surface area contributed by atoms with Crippen molar-refractivity contribution in [1.82, 2.24) is 3.96 Å². The second kappa shape index (κ2) is 5.41. The first-order valence-electron chi connectivity index (χ1n) is 6.21. The lowest BCUT2D eigenvalue weighted by atomic mass is 10.3. The number of carboxylic acids is 1. The molecule has 0 bridgehead atoms. The summed E-state index contributed by atoms with van der Waals surface area (Å²) in [5.74, 6) is -0.574. The summed E-state index contributed by atoms with van der Waals surface area (Å²) in [5.41, 5.74) is 0.665. The van der Waals surface area contributed by atoms with Crippen LogP contribution in [0.4, 0.5) is 0 Å². The largest absolute Gasteiger partial charge is 0.482 e. The Labute approximate surface area is 123 Å². The molecular weight excluding hydrogens is 290 g/mol. The van der Waals surface area contributed by atoms with E-state index in [1.807, 2.05) is 18.2 Å². The normalized spacial score (nSPS) is 10.7. The van der Waals surface area contributed by atoms with E-state index in [-0.39, 0.29) is 12.2 Å². The molecule has 0 atom stereocenters. The summed E-state index contributed by atoms with van der Waals surface area (Å²) >= 11 is 1.37. The smallest absolute Gasteiger partial charge is 0.341 e. The van der Waals surface area contributed by atoms with E-state index in [9.17, 15) is 9.59 Å². The molecule has 3 rings (SSSR count). The average Bonchev–Trinajstić information content (AvgIpc) is 2.83. The van der Waals surface area contributed by atoms with Crippen LogP contribution in [0.5, 0.6) is 5.75 Å². The minimum atomic E-state index is -1.03. The molecule has 1 aromatic heterocycles. The van der Waals surface area contributed by atoms with Gasteiger partial charge in [-0.15, -0.1) is 0 Å². The molecule has 0 saturated carbocycles. The fraction of sp³-hybridized carbons (Fsp3) is 0.0667. The summed E-state index contributed by atoms with van der Waals surface area (Å²) in [5, 5.41) is 9.24. The highest BCUT2D eigenvalue weighted by Gasteiger charge is 2.08. The maximum absolute atomic E-state index is 12.3. The molecule has 0 radical (unpaired) electrons. The molecule has 1 N–H and O–H groups in total. The maximum Gasteiger partial charge on any atom is 0.341 e. The first kappa shape index (κ1) is 13.4. The number of aromatic nitrogens is 1. The van der Waals surface area contributed by atoms with E-state index in [1.54, 1.807) is 34.3 Å². The third kappa shape index (κ3) is 2.66. The minimum Gasteiger partial charge on any atom is -0.482 e. The lowest BCUT2D eigenvalue weighted by Crippen LogP contribution is -2.11. The number of fused-ring (bicyclic) bond motifs is 1. The van der Waals surface area contributed by atoms with E-state index < -0.39 is 5.97 Å². The number of nitrogens with zero attached hydrogens (tertiary/aromatic N) is 1. The van der Waals surface area contributed by atoms with Gasteiger partial charge in [-0.3, -0.25) is 4.79 Å². The van der Waals surface area contributed by atoms with Crippen molar-refractivity contribution in [2.24, 2.45) is 0 Å². The zero-order chi connectivity index (χ0) is 14.8. The van der Waals surface area contributed by atoms with E-state index >= 15 is 0 Å². The first-order valence-corrected chi connectivity index (χ1v) is 6.98. The van der Waals surface area contributed by atoms with E-state index in [2.05, 4.69) is 0 Å². The van der Waals surface area contributed by atoms with Crippen LogP contribution in [0.25, 0.3) is 15.8 Å². The number of rotatable bonds is 4. The van der Waals surface area contributed by atoms with Gasteiger partial charge < -0.3 is 9.84 Å². The molecule has 21 heavy (non-hydrogen) atoms. The van der Waals surface area contributed by atoms with Crippen LogP contribution in [-0.2, 0) is 4.79 Å². The van der Waals surface area contributed by atoms with Gasteiger partial charge in [0.25, 0.3) is 5.56 Å². The van der Waals surface area contributed by atoms with Gasteiger partial charge in [0.15, 0.2) is 6.61 Å². The van der Waals surface area contributed by atoms with E-state index in [0.717, 1.165) is 10.4 Å². The van der Waals surface area contributed by atoms with Gasteiger partial charge in [-0.2, -0.15) is 0 Å². The minimum absolute atomic E-state index is 0.0604. The molecule has 0 aliphatic rings. The Morgan fingerprint density at radius 3 is 2.52 bits per heavy atom. The van der Waals surface area contributed by atoms with Gasteiger partial charge in [0.05, 0.1) is 15.8 Å². The lowest BCUT2D eigenvalue weighted by Gasteiger charge is -2.04. The number of ether oxygens (including phenoxy) is 1. The van der Waals surface area contributed by atoms with Gasteiger partial charge in [0.2, 0.25) is 0 Å². The van der Waals surface area contributed by atoms with Crippen molar-refractivity contribution in [2.75, 3.05) is 6.61 Å². The van der Waals surface area contributed by atoms with Crippen molar-refractivity contribution in [3.63, 3.8) is 0 Å². The number of aliphatic carboxylic acids is 1. The summed E-state index contributed by atoms with van der Waals surface area (Å²) in [6.45, 7) is -0.387. The predicted molar refractivity (Wildman–Crippen MR) is 80.6 cm³/mol. The molecule has 2 aromatic carbocycles. The number of benzene rings is 2. The van der Waals surface area contributed by atoms with Crippen molar-refractivity contribution in [1.29, 1.82) is 0 Å². The van der Waals surface area contributed by atoms with Crippen molar-refractivity contribution in [3.8, 4) is 11.4 Å². The van der Waals surface area contributed by atoms with Crippen LogP contribution in [0.15, 0.2) is 53.3 Å². The van der Waals surface area contributed by atoms with Gasteiger partial charge in [0.1, 0.15) is 5.75 Å². The van der Waals surface area contributed by atoms with Crippen LogP contribution < -0.4 is 10.3 Å². The highest BCUT2D eigenvalue weighted by atomic mass is 32.1. The van der Waals surface area contributed by atoms with Gasteiger partial charge in [-0.1, -0.05) is 23.7 Å². The third-order valence-electron chi connectivity index (χ3n) is 2.93. The SMILES string of the molecule is O=C(O)COc1ccc(-n2sc3ccccc3c2=O)cc1. The molecule has 6 heteroatoms. The highest BCUT2D eigenvalue weighted by Crippen LogP contribution is 2.21. The molecular formula is C15H11NO4S. The standard InChI is InChI=1S/C15H11NO4S/c17-14(18)9-20-11-7-5-10(6-8-11)16-15(19)12-3-1-2-4-13(12)21-16/h1-8H,9H2,(H,17,18). The molecule has 3 aromatic rings. The van der Waals surface area contributed by atoms with Crippen molar-refractivity contribution in [2.45, 2.75) is 0 Å². The third-order valence-corrected chi connectivity index (χ3v) is 4.04. The number of hydrogen-bond acceptors (Lipinski definition) is 4. The van der Waals surface area contributed by atoms with E-state index in [4.69, 9.17) is 9.84 Å². The topological polar surface area (TPSA) is 68.5 Å². The lowest BCUT2D eigenvalue weighted by molar-refractivity contribution is -0.139. The van der Waals surface area contributed by atoms with Crippen LogP contribution in [0.3, 0.4) is 0 Å². The molecule has 0 fully saturated rings. The molecule has 106 valence electrons. The Morgan fingerprint density at radius 2 is 1.86 bits per heavy atom. The number of hydrogen-bond donors (Lipinski definition) is 1. The predicted octanol–water partition coefficient (Wildman–Crippen LogP) is 2.52. The quantitative estimate of drug-likeness (QED) is 0.804. The molecule has 0 spiro atoms. The summed E-state index contributed by atoms with van der Waals surface area (Å²) < 4.78 is 7.59. The Balaban J connectivity index is 1.94. The number of carbonyl (C=O) groups is 1. The zero-order valence-corrected chi connectivity index (χ0v) is 11.7. The Kier molecular flexibility index (Phi) is 3.45. The van der Waals surface area contributed by atoms with E-state index in [1.165, 1.54) is 11.5 Å². The van der Waals surface area contributed by atoms with Gasteiger partial charge >= 0.3 is 5.97 Å². The summed E-state index contributed by atoms with van der Waals surface area (Å²) in [7, 11) is 0. The van der Waals surface area contributed by atoms with Crippen LogP contribution in [-0.4, -0.2) is 21.6 Å². The molecule has 0 amide bonds. The fourth-order valence-corrected chi connectivity index (χ4v) is 2.96. The second-order valence-corrected chi connectivity index (χ2v) is 5.35.